The quantitative estimate of drug-likeness (QED) is 0.888. The van der Waals surface area contributed by atoms with Crippen molar-refractivity contribution >= 4 is 45.6 Å². The molecule has 1 saturated heterocycles. The minimum atomic E-state index is 0.0443. The van der Waals surface area contributed by atoms with Gasteiger partial charge in [-0.3, -0.25) is 9.59 Å². The minimum Gasteiger partial charge on any atom is -0.339 e. The summed E-state index contributed by atoms with van der Waals surface area (Å²) in [6.45, 7) is 3.91. The van der Waals surface area contributed by atoms with E-state index in [1.165, 1.54) is 11.3 Å². The highest BCUT2D eigenvalue weighted by molar-refractivity contribution is 7.13. The van der Waals surface area contributed by atoms with Crippen LogP contribution in [0.5, 0.6) is 0 Å². The van der Waals surface area contributed by atoms with Crippen molar-refractivity contribution in [3.63, 3.8) is 0 Å². The number of aromatic nitrogens is 1. The van der Waals surface area contributed by atoms with Crippen LogP contribution >= 0.6 is 22.9 Å². The van der Waals surface area contributed by atoms with Gasteiger partial charge in [-0.05, 0) is 18.2 Å². The van der Waals surface area contributed by atoms with Crippen LogP contribution < -0.4 is 5.32 Å². The molecule has 1 aliphatic rings. The number of carbonyl (C=O) groups is 2. The summed E-state index contributed by atoms with van der Waals surface area (Å²) in [4.78, 5) is 31.8. The molecule has 1 N–H and O–H groups in total. The number of halogens is 1. The molecule has 2 amide bonds. The lowest BCUT2D eigenvalue weighted by Crippen LogP contribution is -2.50. The van der Waals surface area contributed by atoms with Gasteiger partial charge in [0, 0.05) is 49.2 Å². The molecule has 2 aromatic rings. The smallest absolute Gasteiger partial charge is 0.228 e. The van der Waals surface area contributed by atoms with Gasteiger partial charge in [0.2, 0.25) is 11.8 Å². The van der Waals surface area contributed by atoms with E-state index in [1.807, 2.05) is 29.6 Å². The van der Waals surface area contributed by atoms with Crippen LogP contribution in [0.25, 0.3) is 0 Å². The Bertz CT molecular complexity index is 772. The summed E-state index contributed by atoms with van der Waals surface area (Å²) in [5, 5.41) is 6.46. The summed E-state index contributed by atoms with van der Waals surface area (Å²) in [6.07, 6.45) is 0.272. The number of hydrogen-bond acceptors (Lipinski definition) is 5. The highest BCUT2D eigenvalue weighted by atomic mass is 35.5. The van der Waals surface area contributed by atoms with Gasteiger partial charge in [0.25, 0.3) is 0 Å². The van der Waals surface area contributed by atoms with E-state index in [9.17, 15) is 9.59 Å². The number of carbonyl (C=O) groups excluding carboxylic acids is 2. The molecule has 1 aromatic heterocycles. The third-order valence-corrected chi connectivity index (χ3v) is 5.08. The zero-order valence-electron chi connectivity index (χ0n) is 13.9. The Kier molecular flexibility index (Phi) is 5.55. The van der Waals surface area contributed by atoms with E-state index in [1.54, 1.807) is 16.7 Å². The van der Waals surface area contributed by atoms with Crippen molar-refractivity contribution in [1.82, 2.24) is 14.8 Å². The lowest BCUT2D eigenvalue weighted by molar-refractivity contribution is -0.138. The number of amides is 2. The molecule has 1 fully saturated rings. The van der Waals surface area contributed by atoms with E-state index in [-0.39, 0.29) is 18.2 Å². The van der Waals surface area contributed by atoms with Crippen molar-refractivity contribution in [3.05, 3.63) is 40.4 Å². The van der Waals surface area contributed by atoms with Crippen LogP contribution in [0.1, 0.15) is 12.6 Å². The molecule has 0 bridgehead atoms. The average Bonchev–Trinajstić information content (AvgIpc) is 3.01. The second kappa shape index (κ2) is 7.84. The summed E-state index contributed by atoms with van der Waals surface area (Å²) in [6, 6.07) is 7.41. The lowest BCUT2D eigenvalue weighted by Gasteiger charge is -2.34. The van der Waals surface area contributed by atoms with Crippen LogP contribution in [0.2, 0.25) is 5.02 Å². The highest BCUT2D eigenvalue weighted by Gasteiger charge is 2.22. The molecule has 0 saturated carbocycles. The average molecular weight is 379 g/mol. The van der Waals surface area contributed by atoms with Crippen molar-refractivity contribution in [3.8, 4) is 0 Å². The Hall–Kier alpha value is -2.12. The molecule has 6 nitrogen and oxygen atoms in total. The number of piperazine rings is 1. The molecule has 1 aromatic carbocycles. The summed E-state index contributed by atoms with van der Waals surface area (Å²) in [5.74, 6) is 0.103. The van der Waals surface area contributed by atoms with Crippen molar-refractivity contribution in [1.29, 1.82) is 0 Å². The molecular weight excluding hydrogens is 360 g/mol. The van der Waals surface area contributed by atoms with Gasteiger partial charge in [-0.25, -0.2) is 4.98 Å². The number of anilines is 2. The third kappa shape index (κ3) is 4.70. The van der Waals surface area contributed by atoms with Gasteiger partial charge in [0.05, 0.1) is 12.1 Å². The standard InChI is InChI=1S/C17H19ClN4O2S/c1-12(23)21-5-7-22(8-6-21)16(24)10-15-11-25-17(20-15)19-14-4-2-3-13(18)9-14/h2-4,9,11H,5-8,10H2,1H3,(H,19,20). The molecule has 0 spiro atoms. The first-order valence-corrected chi connectivity index (χ1v) is 9.27. The first kappa shape index (κ1) is 17.7. The van der Waals surface area contributed by atoms with E-state index in [2.05, 4.69) is 10.3 Å². The van der Waals surface area contributed by atoms with Gasteiger partial charge in [0.1, 0.15) is 0 Å². The minimum absolute atomic E-state index is 0.0443. The predicted octanol–water partition coefficient (Wildman–Crippen LogP) is 2.77. The molecule has 0 radical (unpaired) electrons. The van der Waals surface area contributed by atoms with Crippen molar-refractivity contribution in [2.75, 3.05) is 31.5 Å². The van der Waals surface area contributed by atoms with Crippen LogP contribution in [0, 0.1) is 0 Å². The van der Waals surface area contributed by atoms with E-state index >= 15 is 0 Å². The van der Waals surface area contributed by atoms with E-state index in [0.717, 1.165) is 16.5 Å². The number of nitrogens with zero attached hydrogens (tertiary/aromatic N) is 3. The van der Waals surface area contributed by atoms with Crippen molar-refractivity contribution in [2.24, 2.45) is 0 Å². The van der Waals surface area contributed by atoms with E-state index < -0.39 is 0 Å². The van der Waals surface area contributed by atoms with Gasteiger partial charge < -0.3 is 15.1 Å². The summed E-state index contributed by atoms with van der Waals surface area (Å²) in [7, 11) is 0. The molecule has 132 valence electrons. The largest absolute Gasteiger partial charge is 0.339 e. The van der Waals surface area contributed by atoms with Gasteiger partial charge in [-0.15, -0.1) is 11.3 Å². The highest BCUT2D eigenvalue weighted by Crippen LogP contribution is 2.23. The maximum atomic E-state index is 12.4. The molecule has 0 atom stereocenters. The van der Waals surface area contributed by atoms with Crippen LogP contribution in [0.4, 0.5) is 10.8 Å². The summed E-state index contributed by atoms with van der Waals surface area (Å²) in [5.41, 5.74) is 1.61. The Morgan fingerprint density at radius 3 is 2.64 bits per heavy atom. The maximum Gasteiger partial charge on any atom is 0.228 e. The fourth-order valence-electron chi connectivity index (χ4n) is 2.67. The molecule has 2 heterocycles. The number of benzene rings is 1. The van der Waals surface area contributed by atoms with Gasteiger partial charge in [-0.2, -0.15) is 0 Å². The molecule has 8 heteroatoms. The number of nitrogens with one attached hydrogen (secondary N) is 1. The fourth-order valence-corrected chi connectivity index (χ4v) is 3.59. The Morgan fingerprint density at radius 2 is 1.96 bits per heavy atom. The second-order valence-electron chi connectivity index (χ2n) is 5.84. The topological polar surface area (TPSA) is 65.5 Å². The molecule has 0 aliphatic carbocycles. The van der Waals surface area contributed by atoms with Crippen LogP contribution in [0.15, 0.2) is 29.6 Å². The van der Waals surface area contributed by atoms with Crippen LogP contribution in [-0.4, -0.2) is 52.8 Å². The van der Waals surface area contributed by atoms with E-state index in [0.29, 0.717) is 31.2 Å². The maximum absolute atomic E-state index is 12.4. The third-order valence-electron chi connectivity index (χ3n) is 4.04. The Morgan fingerprint density at radius 1 is 1.24 bits per heavy atom. The van der Waals surface area contributed by atoms with Gasteiger partial charge in [-0.1, -0.05) is 17.7 Å². The molecule has 1 aliphatic heterocycles. The van der Waals surface area contributed by atoms with Crippen LogP contribution in [-0.2, 0) is 16.0 Å². The van der Waals surface area contributed by atoms with Gasteiger partial charge in [0.15, 0.2) is 5.13 Å². The predicted molar refractivity (Wildman–Crippen MR) is 99.4 cm³/mol. The fraction of sp³-hybridized carbons (Fsp3) is 0.353. The summed E-state index contributed by atoms with van der Waals surface area (Å²) >= 11 is 7.42. The number of hydrogen-bond donors (Lipinski definition) is 1. The molecule has 25 heavy (non-hydrogen) atoms. The van der Waals surface area contributed by atoms with Crippen LogP contribution in [0.3, 0.4) is 0 Å². The van der Waals surface area contributed by atoms with Crippen molar-refractivity contribution in [2.45, 2.75) is 13.3 Å². The zero-order valence-corrected chi connectivity index (χ0v) is 15.4. The monoisotopic (exact) mass is 378 g/mol. The van der Waals surface area contributed by atoms with Gasteiger partial charge >= 0.3 is 0 Å². The zero-order chi connectivity index (χ0) is 17.8. The van der Waals surface area contributed by atoms with E-state index in [4.69, 9.17) is 11.6 Å². The first-order chi connectivity index (χ1) is 12.0. The summed E-state index contributed by atoms with van der Waals surface area (Å²) < 4.78 is 0. The SMILES string of the molecule is CC(=O)N1CCN(C(=O)Cc2csc(Nc3cccc(Cl)c3)n2)CC1. The molecule has 3 rings (SSSR count). The van der Waals surface area contributed by atoms with Crippen molar-refractivity contribution < 1.29 is 9.59 Å². The lowest BCUT2D eigenvalue weighted by atomic mass is 10.2. The first-order valence-electron chi connectivity index (χ1n) is 8.01. The normalized spacial score (nSPS) is 14.5. The number of rotatable bonds is 4. The Balaban J connectivity index is 1.54. The Labute approximate surface area is 155 Å². The molecular formula is C17H19ClN4O2S. The second-order valence-corrected chi connectivity index (χ2v) is 7.14. The molecule has 0 unspecified atom stereocenters. The number of thiazole rings is 1.